The number of anilines is 1. The molecule has 220 valence electrons. The summed E-state index contributed by atoms with van der Waals surface area (Å²) < 4.78 is 49.2. The second-order valence-electron chi connectivity index (χ2n) is 11.8. The summed E-state index contributed by atoms with van der Waals surface area (Å²) in [6, 6.07) is 7.15. The number of aromatic nitrogens is 5. The highest BCUT2D eigenvalue weighted by Gasteiger charge is 2.32. The van der Waals surface area contributed by atoms with Gasteiger partial charge in [0.05, 0.1) is 35.1 Å². The van der Waals surface area contributed by atoms with E-state index in [2.05, 4.69) is 44.7 Å². The van der Waals surface area contributed by atoms with Crippen LogP contribution in [0.2, 0.25) is 0 Å². The van der Waals surface area contributed by atoms with Crippen LogP contribution in [-0.4, -0.2) is 67.7 Å². The van der Waals surface area contributed by atoms with Gasteiger partial charge in [0, 0.05) is 29.9 Å². The van der Waals surface area contributed by atoms with E-state index in [0.717, 1.165) is 29.8 Å². The van der Waals surface area contributed by atoms with Crippen LogP contribution in [0.25, 0.3) is 22.4 Å². The highest BCUT2D eigenvalue weighted by molar-refractivity contribution is 5.96. The van der Waals surface area contributed by atoms with Crippen LogP contribution in [0.4, 0.5) is 18.9 Å². The Morgan fingerprint density at radius 3 is 2.68 bits per heavy atom. The Labute approximate surface area is 235 Å². The maximum absolute atomic E-state index is 13.7. The number of rotatable bonds is 7. The topological polar surface area (TPSA) is 106 Å². The van der Waals surface area contributed by atoms with Gasteiger partial charge in [0.25, 0.3) is 5.91 Å². The molecule has 1 fully saturated rings. The maximum Gasteiger partial charge on any atom is 0.406 e. The minimum absolute atomic E-state index is 0.00820. The van der Waals surface area contributed by atoms with Crippen molar-refractivity contribution in [3.05, 3.63) is 48.1 Å². The molecule has 10 nitrogen and oxygen atoms in total. The third kappa shape index (κ3) is 6.39. The number of piperidine rings is 1. The first-order valence-corrected chi connectivity index (χ1v) is 13.6. The molecule has 0 bridgehead atoms. The van der Waals surface area contributed by atoms with Crippen LogP contribution in [0, 0.1) is 5.92 Å². The van der Waals surface area contributed by atoms with Crippen molar-refractivity contribution in [3.8, 4) is 11.5 Å². The van der Waals surface area contributed by atoms with Gasteiger partial charge in [-0.1, -0.05) is 18.1 Å². The van der Waals surface area contributed by atoms with E-state index < -0.39 is 12.7 Å². The lowest BCUT2D eigenvalue weighted by molar-refractivity contribution is -0.139. The number of carbonyl (C=O) groups is 1. The molecule has 0 aliphatic carbocycles. The second kappa shape index (κ2) is 10.8. The lowest BCUT2D eigenvalue weighted by Gasteiger charge is -2.36. The standard InChI is InChI=1S/C28H35F3N8O2/c1-17-14-37(5)10-9-20(17)34-21-7-6-8-22-19(21)11-23(38(22)16-28(29,30)31)25-35-24(41-36-25)13-32-26(40)18-12-33-39(15-18)27(2,3)4/h6-8,11-12,15,17,20,34H,9-10,13-14,16H2,1-5H3,(H,32,40)/t17-,20+/m1/s1. The van der Waals surface area contributed by atoms with Crippen LogP contribution in [0.15, 0.2) is 41.2 Å². The molecule has 1 amide bonds. The molecule has 4 heterocycles. The summed E-state index contributed by atoms with van der Waals surface area (Å²) in [6.07, 6.45) is -0.429. The van der Waals surface area contributed by atoms with E-state index >= 15 is 0 Å². The number of alkyl halides is 3. The Bertz CT molecular complexity index is 1530. The minimum Gasteiger partial charge on any atom is -0.381 e. The zero-order chi connectivity index (χ0) is 29.5. The first-order valence-electron chi connectivity index (χ1n) is 13.6. The van der Waals surface area contributed by atoms with Gasteiger partial charge in [-0.25, -0.2) is 0 Å². The van der Waals surface area contributed by atoms with Gasteiger partial charge in [-0.2, -0.15) is 23.3 Å². The largest absolute Gasteiger partial charge is 0.406 e. The van der Waals surface area contributed by atoms with E-state index in [1.54, 1.807) is 29.1 Å². The third-order valence-corrected chi connectivity index (χ3v) is 7.36. The van der Waals surface area contributed by atoms with Gasteiger partial charge in [0.2, 0.25) is 11.7 Å². The van der Waals surface area contributed by atoms with Crippen LogP contribution in [-0.2, 0) is 18.6 Å². The summed E-state index contributed by atoms with van der Waals surface area (Å²) in [5.74, 6) is 0.0662. The molecule has 0 radical (unpaired) electrons. The fraction of sp³-hybridized carbons (Fsp3) is 0.500. The molecule has 0 saturated carbocycles. The number of amides is 1. The van der Waals surface area contributed by atoms with Crippen molar-refractivity contribution in [1.82, 2.24) is 34.7 Å². The number of likely N-dealkylation sites (tertiary alicyclic amines) is 1. The van der Waals surface area contributed by atoms with Gasteiger partial charge in [0.1, 0.15) is 6.54 Å². The van der Waals surface area contributed by atoms with Crippen molar-refractivity contribution >= 4 is 22.5 Å². The average molecular weight is 573 g/mol. The van der Waals surface area contributed by atoms with E-state index in [0.29, 0.717) is 22.4 Å². The average Bonchev–Trinajstić information content (AvgIpc) is 3.63. The number of halogens is 3. The fourth-order valence-electron chi connectivity index (χ4n) is 5.21. The molecule has 1 aliphatic rings. The maximum atomic E-state index is 13.7. The minimum atomic E-state index is -4.47. The second-order valence-corrected chi connectivity index (χ2v) is 11.8. The van der Waals surface area contributed by atoms with Gasteiger partial charge in [-0.15, -0.1) is 0 Å². The molecule has 1 saturated heterocycles. The molecular formula is C28H35F3N8O2. The summed E-state index contributed by atoms with van der Waals surface area (Å²) in [5, 5.41) is 15.1. The summed E-state index contributed by atoms with van der Waals surface area (Å²) in [7, 11) is 2.09. The Balaban J connectivity index is 1.40. The number of fused-ring (bicyclic) bond motifs is 1. The molecule has 0 spiro atoms. The SMILES string of the molecule is C[C@@H]1CN(C)CC[C@@H]1Nc1cccc2c1cc(-c1noc(CNC(=O)c3cnn(C(C)(C)C)c3)n1)n2CC(F)(F)F. The zero-order valence-corrected chi connectivity index (χ0v) is 23.8. The van der Waals surface area contributed by atoms with E-state index in [1.807, 2.05) is 26.8 Å². The first-order chi connectivity index (χ1) is 19.3. The van der Waals surface area contributed by atoms with Crippen molar-refractivity contribution in [1.29, 1.82) is 0 Å². The van der Waals surface area contributed by atoms with Crippen LogP contribution in [0.3, 0.4) is 0 Å². The predicted octanol–water partition coefficient (Wildman–Crippen LogP) is 4.89. The lowest BCUT2D eigenvalue weighted by atomic mass is 9.94. The summed E-state index contributed by atoms with van der Waals surface area (Å²) in [5.41, 5.74) is 1.44. The van der Waals surface area contributed by atoms with Crippen molar-refractivity contribution in [2.45, 2.75) is 65.0 Å². The van der Waals surface area contributed by atoms with Crippen LogP contribution in [0.5, 0.6) is 0 Å². The molecule has 13 heteroatoms. The van der Waals surface area contributed by atoms with E-state index in [9.17, 15) is 18.0 Å². The molecule has 5 rings (SSSR count). The number of hydrogen-bond donors (Lipinski definition) is 2. The fourth-order valence-corrected chi connectivity index (χ4v) is 5.21. The molecule has 2 N–H and O–H groups in total. The molecule has 3 aromatic heterocycles. The Kier molecular flexibility index (Phi) is 7.58. The third-order valence-electron chi connectivity index (χ3n) is 7.36. The van der Waals surface area contributed by atoms with Crippen molar-refractivity contribution in [2.75, 3.05) is 25.5 Å². The highest BCUT2D eigenvalue weighted by atomic mass is 19.4. The van der Waals surface area contributed by atoms with Crippen molar-refractivity contribution < 1.29 is 22.5 Å². The zero-order valence-electron chi connectivity index (χ0n) is 23.8. The Morgan fingerprint density at radius 1 is 1.22 bits per heavy atom. The van der Waals surface area contributed by atoms with Crippen molar-refractivity contribution in [3.63, 3.8) is 0 Å². The van der Waals surface area contributed by atoms with E-state index in [4.69, 9.17) is 4.52 Å². The normalized spacial score (nSPS) is 18.6. The Hall–Kier alpha value is -3.87. The number of hydrogen-bond acceptors (Lipinski definition) is 7. The lowest BCUT2D eigenvalue weighted by Crippen LogP contribution is -2.43. The van der Waals surface area contributed by atoms with Gasteiger partial charge >= 0.3 is 6.18 Å². The van der Waals surface area contributed by atoms with Gasteiger partial charge in [-0.05, 0) is 64.9 Å². The summed E-state index contributed by atoms with van der Waals surface area (Å²) in [6.45, 7) is 8.65. The van der Waals surface area contributed by atoms with Crippen molar-refractivity contribution in [2.24, 2.45) is 5.92 Å². The van der Waals surface area contributed by atoms with Gasteiger partial charge in [0.15, 0.2) is 0 Å². The Morgan fingerprint density at radius 2 is 2.00 bits per heavy atom. The van der Waals surface area contributed by atoms with Crippen LogP contribution >= 0.6 is 0 Å². The number of benzene rings is 1. The quantitative estimate of drug-likeness (QED) is 0.325. The smallest absolute Gasteiger partial charge is 0.381 e. The number of carbonyl (C=O) groups excluding carboxylic acids is 1. The van der Waals surface area contributed by atoms with Gasteiger partial charge < -0.3 is 24.6 Å². The van der Waals surface area contributed by atoms with E-state index in [-0.39, 0.29) is 41.4 Å². The summed E-state index contributed by atoms with van der Waals surface area (Å²) in [4.78, 5) is 19.2. The predicted molar refractivity (Wildman–Crippen MR) is 148 cm³/mol. The monoisotopic (exact) mass is 572 g/mol. The first kappa shape index (κ1) is 28.7. The number of nitrogens with one attached hydrogen (secondary N) is 2. The van der Waals surface area contributed by atoms with E-state index in [1.165, 1.54) is 6.20 Å². The highest BCUT2D eigenvalue weighted by Crippen LogP contribution is 2.35. The van der Waals surface area contributed by atoms with Crippen LogP contribution < -0.4 is 10.6 Å². The molecule has 41 heavy (non-hydrogen) atoms. The molecule has 2 atom stereocenters. The molecular weight excluding hydrogens is 537 g/mol. The molecule has 4 aromatic rings. The van der Waals surface area contributed by atoms with Gasteiger partial charge in [-0.3, -0.25) is 9.48 Å². The molecule has 0 unspecified atom stereocenters. The number of nitrogens with zero attached hydrogens (tertiary/aromatic N) is 6. The van der Waals surface area contributed by atoms with Crippen LogP contribution in [0.1, 0.15) is 50.4 Å². The molecule has 1 aliphatic heterocycles. The molecule has 1 aromatic carbocycles. The summed E-state index contributed by atoms with van der Waals surface area (Å²) >= 11 is 0.